The molecule has 0 fully saturated rings. The second kappa shape index (κ2) is 4.57. The Morgan fingerprint density at radius 3 is 3.00 bits per heavy atom. The van der Waals surface area contributed by atoms with Gasteiger partial charge in [-0.2, -0.15) is 0 Å². The number of aromatic nitrogens is 2. The molecule has 1 aromatic rings. The summed E-state index contributed by atoms with van der Waals surface area (Å²) in [6, 6.07) is 0. The van der Waals surface area contributed by atoms with Crippen LogP contribution < -0.4 is 0 Å². The minimum absolute atomic E-state index is 0.0941. The van der Waals surface area contributed by atoms with E-state index in [1.54, 1.807) is 6.20 Å². The molecule has 0 unspecified atom stereocenters. The van der Waals surface area contributed by atoms with Crippen LogP contribution in [0.25, 0.3) is 0 Å². The highest BCUT2D eigenvalue weighted by Crippen LogP contribution is 2.12. The summed E-state index contributed by atoms with van der Waals surface area (Å²) in [6.45, 7) is 1.98. The second-order valence-corrected chi connectivity index (χ2v) is 4.13. The Bertz CT molecular complexity index is 406. The summed E-state index contributed by atoms with van der Waals surface area (Å²) in [7, 11) is 2.08. The van der Waals surface area contributed by atoms with Crippen LogP contribution in [0, 0.1) is 0 Å². The van der Waals surface area contributed by atoms with Crippen molar-refractivity contribution in [2.45, 2.75) is 19.3 Å². The first kappa shape index (κ1) is 11.0. The number of carboxylic acid groups (broad SMARTS) is 1. The zero-order valence-electron chi connectivity index (χ0n) is 9.31. The molecule has 0 bridgehead atoms. The van der Waals surface area contributed by atoms with Crippen LogP contribution >= 0.6 is 0 Å². The Morgan fingerprint density at radius 2 is 2.25 bits per heavy atom. The van der Waals surface area contributed by atoms with Gasteiger partial charge in [-0.3, -0.25) is 4.79 Å². The monoisotopic (exact) mass is 221 g/mol. The highest BCUT2D eigenvalue weighted by molar-refractivity contribution is 5.68. The first-order valence-electron chi connectivity index (χ1n) is 5.39. The summed E-state index contributed by atoms with van der Waals surface area (Å²) in [6.07, 6.45) is 3.50. The highest BCUT2D eigenvalue weighted by atomic mass is 16.4. The fraction of sp³-hybridized carbons (Fsp3) is 0.545. The van der Waals surface area contributed by atoms with Crippen molar-refractivity contribution in [3.63, 3.8) is 0 Å². The fourth-order valence-electron chi connectivity index (χ4n) is 1.85. The highest BCUT2D eigenvalue weighted by Gasteiger charge is 2.14. The first-order chi connectivity index (χ1) is 7.65. The SMILES string of the molecule is CN1CCc2cnc(CC(=O)O)nc2CC1. The number of hydrogen-bond acceptors (Lipinski definition) is 4. The molecule has 1 N–H and O–H groups in total. The zero-order chi connectivity index (χ0) is 11.5. The van der Waals surface area contributed by atoms with Crippen LogP contribution in [0.2, 0.25) is 0 Å². The molecule has 5 heteroatoms. The molecule has 0 aliphatic carbocycles. The van der Waals surface area contributed by atoms with Gasteiger partial charge in [0.15, 0.2) is 0 Å². The molecule has 16 heavy (non-hydrogen) atoms. The van der Waals surface area contributed by atoms with Gasteiger partial charge >= 0.3 is 5.97 Å². The summed E-state index contributed by atoms with van der Waals surface area (Å²) in [5, 5.41) is 8.68. The minimum atomic E-state index is -0.884. The predicted molar refractivity (Wildman–Crippen MR) is 58.3 cm³/mol. The molecule has 2 heterocycles. The lowest BCUT2D eigenvalue weighted by atomic mass is 10.1. The molecule has 0 saturated carbocycles. The van der Waals surface area contributed by atoms with E-state index >= 15 is 0 Å². The first-order valence-corrected chi connectivity index (χ1v) is 5.39. The van der Waals surface area contributed by atoms with Crippen molar-refractivity contribution in [2.75, 3.05) is 20.1 Å². The second-order valence-electron chi connectivity index (χ2n) is 4.13. The third kappa shape index (κ3) is 2.55. The molecule has 0 aromatic carbocycles. The van der Waals surface area contributed by atoms with Gasteiger partial charge in [0.1, 0.15) is 12.2 Å². The van der Waals surface area contributed by atoms with Crippen LogP contribution in [-0.2, 0) is 24.1 Å². The van der Waals surface area contributed by atoms with E-state index in [0.717, 1.165) is 37.2 Å². The number of fused-ring (bicyclic) bond motifs is 1. The zero-order valence-corrected chi connectivity index (χ0v) is 9.31. The third-order valence-corrected chi connectivity index (χ3v) is 2.81. The van der Waals surface area contributed by atoms with E-state index in [1.807, 2.05) is 0 Å². The normalized spacial score (nSPS) is 16.6. The van der Waals surface area contributed by atoms with E-state index in [9.17, 15) is 4.79 Å². The van der Waals surface area contributed by atoms with E-state index in [1.165, 1.54) is 0 Å². The molecule has 0 spiro atoms. The Morgan fingerprint density at radius 1 is 1.50 bits per heavy atom. The largest absolute Gasteiger partial charge is 0.481 e. The van der Waals surface area contributed by atoms with E-state index in [2.05, 4.69) is 21.9 Å². The molecule has 5 nitrogen and oxygen atoms in total. The standard InChI is InChI=1S/C11H15N3O2/c1-14-4-2-8-7-12-10(6-11(15)16)13-9(8)3-5-14/h7H,2-6H2,1H3,(H,15,16). The molecule has 0 atom stereocenters. The van der Waals surface area contributed by atoms with E-state index in [4.69, 9.17) is 5.11 Å². The maximum Gasteiger partial charge on any atom is 0.311 e. The number of likely N-dealkylation sites (N-methyl/N-ethyl adjacent to an activating group) is 1. The number of hydrogen-bond donors (Lipinski definition) is 1. The van der Waals surface area contributed by atoms with E-state index < -0.39 is 5.97 Å². The summed E-state index contributed by atoms with van der Waals surface area (Å²) in [5.41, 5.74) is 2.16. The number of aliphatic carboxylic acids is 1. The number of carbonyl (C=O) groups is 1. The minimum Gasteiger partial charge on any atom is -0.481 e. The lowest BCUT2D eigenvalue weighted by Gasteiger charge is -2.10. The molecule has 86 valence electrons. The molecule has 0 amide bonds. The number of rotatable bonds is 2. The van der Waals surface area contributed by atoms with Crippen molar-refractivity contribution in [1.82, 2.24) is 14.9 Å². The Hall–Kier alpha value is -1.49. The van der Waals surface area contributed by atoms with Crippen LogP contribution in [0.1, 0.15) is 17.1 Å². The number of nitrogens with zero attached hydrogens (tertiary/aromatic N) is 3. The molecule has 1 aromatic heterocycles. The summed E-state index contributed by atoms with van der Waals surface area (Å²) in [5.74, 6) is -0.471. The van der Waals surface area contributed by atoms with Gasteiger partial charge in [-0.25, -0.2) is 9.97 Å². The molecular formula is C11H15N3O2. The van der Waals surface area contributed by atoms with Crippen LogP contribution in [0.4, 0.5) is 0 Å². The van der Waals surface area contributed by atoms with Crippen molar-refractivity contribution >= 4 is 5.97 Å². The molecule has 1 aliphatic rings. The maximum absolute atomic E-state index is 10.6. The van der Waals surface area contributed by atoms with Crippen molar-refractivity contribution in [2.24, 2.45) is 0 Å². The van der Waals surface area contributed by atoms with E-state index in [-0.39, 0.29) is 6.42 Å². The van der Waals surface area contributed by atoms with Crippen LogP contribution in [-0.4, -0.2) is 46.1 Å². The Labute approximate surface area is 94.1 Å². The summed E-state index contributed by atoms with van der Waals surface area (Å²) >= 11 is 0. The summed E-state index contributed by atoms with van der Waals surface area (Å²) < 4.78 is 0. The number of carboxylic acids is 1. The van der Waals surface area contributed by atoms with Gasteiger partial charge in [0.25, 0.3) is 0 Å². The van der Waals surface area contributed by atoms with Gasteiger partial charge in [-0.1, -0.05) is 0 Å². The van der Waals surface area contributed by atoms with E-state index in [0.29, 0.717) is 5.82 Å². The van der Waals surface area contributed by atoms with Crippen LogP contribution in [0.3, 0.4) is 0 Å². The van der Waals surface area contributed by atoms with Gasteiger partial charge in [0, 0.05) is 31.4 Å². The maximum atomic E-state index is 10.6. The molecule has 0 radical (unpaired) electrons. The molecule has 1 aliphatic heterocycles. The lowest BCUT2D eigenvalue weighted by molar-refractivity contribution is -0.136. The fourth-order valence-corrected chi connectivity index (χ4v) is 1.85. The Kier molecular flexibility index (Phi) is 3.14. The lowest BCUT2D eigenvalue weighted by Crippen LogP contribution is -2.20. The quantitative estimate of drug-likeness (QED) is 0.769. The van der Waals surface area contributed by atoms with Gasteiger partial charge in [-0.15, -0.1) is 0 Å². The molecular weight excluding hydrogens is 206 g/mol. The van der Waals surface area contributed by atoms with Crippen LogP contribution in [0.15, 0.2) is 6.20 Å². The Balaban J connectivity index is 2.21. The average Bonchev–Trinajstić information content (AvgIpc) is 2.40. The van der Waals surface area contributed by atoms with Gasteiger partial charge < -0.3 is 10.0 Å². The molecule has 2 rings (SSSR count). The van der Waals surface area contributed by atoms with Gasteiger partial charge in [0.2, 0.25) is 0 Å². The third-order valence-electron chi connectivity index (χ3n) is 2.81. The average molecular weight is 221 g/mol. The summed E-state index contributed by atoms with van der Waals surface area (Å²) in [4.78, 5) is 21.2. The van der Waals surface area contributed by atoms with Gasteiger partial charge in [0.05, 0.1) is 0 Å². The van der Waals surface area contributed by atoms with Crippen molar-refractivity contribution < 1.29 is 9.90 Å². The smallest absolute Gasteiger partial charge is 0.311 e. The molecule has 0 saturated heterocycles. The van der Waals surface area contributed by atoms with Crippen LogP contribution in [0.5, 0.6) is 0 Å². The van der Waals surface area contributed by atoms with Crippen molar-refractivity contribution in [1.29, 1.82) is 0 Å². The van der Waals surface area contributed by atoms with Gasteiger partial charge in [-0.05, 0) is 19.0 Å². The van der Waals surface area contributed by atoms with Crippen molar-refractivity contribution in [3.05, 3.63) is 23.3 Å². The topological polar surface area (TPSA) is 66.3 Å². The van der Waals surface area contributed by atoms with Crippen molar-refractivity contribution in [3.8, 4) is 0 Å². The predicted octanol–water partition coefficient (Wildman–Crippen LogP) is 0.134.